The fourth-order valence-corrected chi connectivity index (χ4v) is 4.06. The first-order chi connectivity index (χ1) is 13.0. The molecule has 6 heteroatoms. The minimum Gasteiger partial charge on any atom is -0.321 e. The largest absolute Gasteiger partial charge is 0.321 e. The molecule has 0 fully saturated rings. The van der Waals surface area contributed by atoms with Crippen LogP contribution in [0.4, 0.5) is 10.1 Å². The Bertz CT molecular complexity index is 1130. The number of benzene rings is 2. The zero-order chi connectivity index (χ0) is 19.0. The summed E-state index contributed by atoms with van der Waals surface area (Å²) in [7, 11) is 0. The molecule has 136 valence electrons. The fourth-order valence-electron chi connectivity index (χ4n) is 2.98. The van der Waals surface area contributed by atoms with Crippen LogP contribution in [-0.4, -0.2) is 15.7 Å². The standard InChI is InChI=1S/C21H18FN3OS/c1-3-14-5-4-6-16(11-14)23-20(26)19-12-18-13(2)24-25(21(18)27-19)17-9-7-15(22)8-10-17/h4-12H,3H2,1-2H3,(H,23,26). The van der Waals surface area contributed by atoms with Gasteiger partial charge < -0.3 is 5.32 Å². The highest BCUT2D eigenvalue weighted by atomic mass is 32.1. The second-order valence-electron chi connectivity index (χ2n) is 6.31. The highest BCUT2D eigenvalue weighted by Gasteiger charge is 2.17. The molecule has 0 aliphatic rings. The number of aromatic nitrogens is 2. The Kier molecular flexibility index (Phi) is 4.49. The molecular weight excluding hydrogens is 361 g/mol. The van der Waals surface area contributed by atoms with Gasteiger partial charge in [-0.3, -0.25) is 4.79 Å². The van der Waals surface area contributed by atoms with Crippen LogP contribution in [-0.2, 0) is 6.42 Å². The van der Waals surface area contributed by atoms with Gasteiger partial charge in [-0.05, 0) is 61.4 Å². The molecule has 0 saturated heterocycles. The number of hydrogen-bond acceptors (Lipinski definition) is 3. The zero-order valence-electron chi connectivity index (χ0n) is 15.0. The average molecular weight is 379 g/mol. The Labute approximate surface area is 160 Å². The number of halogens is 1. The first-order valence-corrected chi connectivity index (χ1v) is 9.52. The number of amides is 1. The first-order valence-electron chi connectivity index (χ1n) is 8.70. The Morgan fingerprint density at radius 1 is 1.19 bits per heavy atom. The van der Waals surface area contributed by atoms with Gasteiger partial charge in [0.25, 0.3) is 5.91 Å². The van der Waals surface area contributed by atoms with E-state index in [0.717, 1.165) is 33.7 Å². The lowest BCUT2D eigenvalue weighted by Crippen LogP contribution is -2.10. The second-order valence-corrected chi connectivity index (χ2v) is 7.34. The van der Waals surface area contributed by atoms with Crippen LogP contribution in [0.25, 0.3) is 15.9 Å². The number of nitrogens with one attached hydrogen (secondary N) is 1. The molecule has 0 radical (unpaired) electrons. The maximum atomic E-state index is 13.2. The third-order valence-corrected chi connectivity index (χ3v) is 5.54. The summed E-state index contributed by atoms with van der Waals surface area (Å²) in [5.41, 5.74) is 3.55. The third kappa shape index (κ3) is 3.36. The van der Waals surface area contributed by atoms with Gasteiger partial charge in [0, 0.05) is 11.1 Å². The molecule has 1 N–H and O–H groups in total. The number of aryl methyl sites for hydroxylation is 2. The summed E-state index contributed by atoms with van der Waals surface area (Å²) in [6.45, 7) is 3.98. The second kappa shape index (κ2) is 6.96. The molecule has 0 bridgehead atoms. The number of carbonyl (C=O) groups is 1. The summed E-state index contributed by atoms with van der Waals surface area (Å²) in [6.07, 6.45) is 0.916. The minimum atomic E-state index is -0.292. The van der Waals surface area contributed by atoms with E-state index in [1.54, 1.807) is 16.8 Å². The molecule has 0 atom stereocenters. The maximum Gasteiger partial charge on any atom is 0.265 e. The molecule has 4 aromatic rings. The van der Waals surface area contributed by atoms with Gasteiger partial charge in [-0.1, -0.05) is 19.1 Å². The van der Waals surface area contributed by atoms with E-state index >= 15 is 0 Å². The Morgan fingerprint density at radius 2 is 1.96 bits per heavy atom. The van der Waals surface area contributed by atoms with E-state index in [0.29, 0.717) is 4.88 Å². The van der Waals surface area contributed by atoms with Gasteiger partial charge >= 0.3 is 0 Å². The SMILES string of the molecule is CCc1cccc(NC(=O)c2cc3c(C)nn(-c4ccc(F)cc4)c3s2)c1. The Hall–Kier alpha value is -2.99. The van der Waals surface area contributed by atoms with Gasteiger partial charge in [0.15, 0.2) is 0 Å². The van der Waals surface area contributed by atoms with Gasteiger partial charge in [-0.15, -0.1) is 11.3 Å². The Balaban J connectivity index is 1.68. The monoisotopic (exact) mass is 379 g/mol. The van der Waals surface area contributed by atoms with Crippen LogP contribution in [0.5, 0.6) is 0 Å². The number of hydrogen-bond donors (Lipinski definition) is 1. The van der Waals surface area contributed by atoms with Crippen LogP contribution in [0, 0.1) is 12.7 Å². The molecule has 2 aromatic heterocycles. The smallest absolute Gasteiger partial charge is 0.265 e. The van der Waals surface area contributed by atoms with Crippen molar-refractivity contribution < 1.29 is 9.18 Å². The molecule has 2 aromatic carbocycles. The van der Waals surface area contributed by atoms with Crippen molar-refractivity contribution in [1.29, 1.82) is 0 Å². The number of nitrogens with zero attached hydrogens (tertiary/aromatic N) is 2. The van der Waals surface area contributed by atoms with Gasteiger partial charge in [0.05, 0.1) is 16.3 Å². The van der Waals surface area contributed by atoms with Crippen molar-refractivity contribution in [3.8, 4) is 5.69 Å². The molecule has 2 heterocycles. The molecule has 0 aliphatic carbocycles. The number of fused-ring (bicyclic) bond motifs is 1. The van der Waals surface area contributed by atoms with Crippen LogP contribution >= 0.6 is 11.3 Å². The molecule has 1 amide bonds. The van der Waals surface area contributed by atoms with E-state index < -0.39 is 0 Å². The summed E-state index contributed by atoms with van der Waals surface area (Å²) >= 11 is 1.38. The third-order valence-electron chi connectivity index (χ3n) is 4.43. The van der Waals surface area contributed by atoms with Crippen molar-refractivity contribution >= 4 is 33.1 Å². The van der Waals surface area contributed by atoms with E-state index in [-0.39, 0.29) is 11.7 Å². The van der Waals surface area contributed by atoms with Crippen molar-refractivity contribution in [2.24, 2.45) is 0 Å². The summed E-state index contributed by atoms with van der Waals surface area (Å²) in [6, 6.07) is 15.9. The number of anilines is 1. The summed E-state index contributed by atoms with van der Waals surface area (Å²) < 4.78 is 15.0. The molecule has 0 saturated carbocycles. The minimum absolute atomic E-state index is 0.144. The highest BCUT2D eigenvalue weighted by Crippen LogP contribution is 2.31. The van der Waals surface area contributed by atoms with Crippen molar-refractivity contribution in [1.82, 2.24) is 9.78 Å². The molecule has 4 nitrogen and oxygen atoms in total. The zero-order valence-corrected chi connectivity index (χ0v) is 15.8. The van der Waals surface area contributed by atoms with Crippen LogP contribution in [0.15, 0.2) is 54.6 Å². The lowest BCUT2D eigenvalue weighted by molar-refractivity contribution is 0.103. The molecule has 0 unspecified atom stereocenters. The highest BCUT2D eigenvalue weighted by molar-refractivity contribution is 7.20. The number of thiophene rings is 1. The lowest BCUT2D eigenvalue weighted by Gasteiger charge is -2.05. The van der Waals surface area contributed by atoms with Crippen molar-refractivity contribution in [2.45, 2.75) is 20.3 Å². The molecule has 0 aliphatic heterocycles. The van der Waals surface area contributed by atoms with E-state index in [4.69, 9.17) is 0 Å². The van der Waals surface area contributed by atoms with Crippen LogP contribution in [0.3, 0.4) is 0 Å². The maximum absolute atomic E-state index is 13.2. The average Bonchev–Trinajstić information content (AvgIpc) is 3.24. The first kappa shape index (κ1) is 17.4. The predicted octanol–water partition coefficient (Wildman–Crippen LogP) is 5.35. The van der Waals surface area contributed by atoms with Crippen molar-refractivity contribution in [2.75, 3.05) is 5.32 Å². The Morgan fingerprint density at radius 3 is 2.70 bits per heavy atom. The van der Waals surface area contributed by atoms with Crippen molar-refractivity contribution in [3.05, 3.63) is 76.5 Å². The topological polar surface area (TPSA) is 46.9 Å². The normalized spacial score (nSPS) is 11.1. The van der Waals surface area contributed by atoms with E-state index in [1.807, 2.05) is 37.3 Å². The quantitative estimate of drug-likeness (QED) is 0.520. The summed E-state index contributed by atoms with van der Waals surface area (Å²) in [4.78, 5) is 14.2. The van der Waals surface area contributed by atoms with Crippen LogP contribution < -0.4 is 5.32 Å². The number of carbonyl (C=O) groups excluding carboxylic acids is 1. The molecule has 27 heavy (non-hydrogen) atoms. The van der Waals surface area contributed by atoms with E-state index in [1.165, 1.54) is 29.0 Å². The molecule has 0 spiro atoms. The molecule has 4 rings (SSSR count). The lowest BCUT2D eigenvalue weighted by atomic mass is 10.1. The van der Waals surface area contributed by atoms with Crippen molar-refractivity contribution in [3.63, 3.8) is 0 Å². The van der Waals surface area contributed by atoms with Crippen LogP contribution in [0.1, 0.15) is 27.9 Å². The molecular formula is C21H18FN3OS. The van der Waals surface area contributed by atoms with Gasteiger partial charge in [-0.2, -0.15) is 5.10 Å². The fraction of sp³-hybridized carbons (Fsp3) is 0.143. The van der Waals surface area contributed by atoms with Gasteiger partial charge in [-0.25, -0.2) is 9.07 Å². The summed E-state index contributed by atoms with van der Waals surface area (Å²) in [5.74, 6) is -0.436. The van der Waals surface area contributed by atoms with Gasteiger partial charge in [0.2, 0.25) is 0 Å². The van der Waals surface area contributed by atoms with Crippen LogP contribution in [0.2, 0.25) is 0 Å². The number of rotatable bonds is 4. The van der Waals surface area contributed by atoms with E-state index in [9.17, 15) is 9.18 Å². The van der Waals surface area contributed by atoms with Gasteiger partial charge in [0.1, 0.15) is 10.6 Å². The summed E-state index contributed by atoms with van der Waals surface area (Å²) in [5, 5.41) is 8.42. The predicted molar refractivity (Wildman–Crippen MR) is 107 cm³/mol. The van der Waals surface area contributed by atoms with E-state index in [2.05, 4.69) is 17.3 Å².